The maximum absolute atomic E-state index is 12.3. The molecule has 5 heteroatoms. The third-order valence-corrected chi connectivity index (χ3v) is 2.81. The number of carbonyl (C=O) groups is 1. The summed E-state index contributed by atoms with van der Waals surface area (Å²) in [6.45, 7) is 0. The Balaban J connectivity index is 2.33. The average molecular weight is 258 g/mol. The third kappa shape index (κ3) is 2.60. The molecule has 1 amide bonds. The van der Waals surface area contributed by atoms with E-state index in [1.54, 1.807) is 19.2 Å². The van der Waals surface area contributed by atoms with E-state index >= 15 is 0 Å². The van der Waals surface area contributed by atoms with E-state index in [1.807, 2.05) is 0 Å². The number of rotatable bonds is 2. The molecule has 0 bridgehead atoms. The summed E-state index contributed by atoms with van der Waals surface area (Å²) < 4.78 is 0. The number of carbonyl (C=O) groups excluding carboxylic acids is 1. The summed E-state index contributed by atoms with van der Waals surface area (Å²) in [6, 6.07) is 10.4. The summed E-state index contributed by atoms with van der Waals surface area (Å²) in [6.07, 6.45) is 0. The fraction of sp³-hybridized carbons (Fsp3) is 0.0714. The standard InChI is InChI=1S/C14H14N2O3/c1-16(9-2-4-10(17)5-3-9)14(19)12-8-11(18)6-7-13(12)15/h2-8,17-18H,15H2,1H3. The van der Waals surface area contributed by atoms with Gasteiger partial charge in [-0.2, -0.15) is 0 Å². The highest BCUT2D eigenvalue weighted by Gasteiger charge is 2.16. The largest absolute Gasteiger partial charge is 0.508 e. The van der Waals surface area contributed by atoms with E-state index in [0.717, 1.165) is 0 Å². The highest BCUT2D eigenvalue weighted by molar-refractivity contribution is 6.09. The molecule has 0 saturated carbocycles. The Morgan fingerprint density at radius 1 is 1.05 bits per heavy atom. The topological polar surface area (TPSA) is 86.8 Å². The Labute approximate surface area is 110 Å². The van der Waals surface area contributed by atoms with Gasteiger partial charge in [-0.25, -0.2) is 0 Å². The SMILES string of the molecule is CN(C(=O)c1cc(O)ccc1N)c1ccc(O)cc1. The van der Waals surface area contributed by atoms with Crippen LogP contribution in [0, 0.1) is 0 Å². The second-order valence-corrected chi connectivity index (χ2v) is 4.15. The molecule has 4 N–H and O–H groups in total. The molecule has 0 aliphatic carbocycles. The first-order valence-corrected chi connectivity index (χ1v) is 5.64. The van der Waals surface area contributed by atoms with Crippen LogP contribution in [0.3, 0.4) is 0 Å². The summed E-state index contributed by atoms with van der Waals surface area (Å²) >= 11 is 0. The summed E-state index contributed by atoms with van der Waals surface area (Å²) in [5.74, 6) is -0.225. The molecule has 0 saturated heterocycles. The molecular weight excluding hydrogens is 244 g/mol. The van der Waals surface area contributed by atoms with Crippen molar-refractivity contribution in [3.63, 3.8) is 0 Å². The summed E-state index contributed by atoms with van der Waals surface area (Å²) in [5, 5.41) is 18.6. The van der Waals surface area contributed by atoms with E-state index in [0.29, 0.717) is 11.4 Å². The molecule has 0 fully saturated rings. The fourth-order valence-electron chi connectivity index (χ4n) is 1.70. The van der Waals surface area contributed by atoms with Gasteiger partial charge in [-0.3, -0.25) is 4.79 Å². The molecule has 2 aromatic rings. The smallest absolute Gasteiger partial charge is 0.260 e. The fourth-order valence-corrected chi connectivity index (χ4v) is 1.70. The van der Waals surface area contributed by atoms with Gasteiger partial charge >= 0.3 is 0 Å². The van der Waals surface area contributed by atoms with E-state index in [1.165, 1.54) is 35.2 Å². The highest BCUT2D eigenvalue weighted by atomic mass is 16.3. The van der Waals surface area contributed by atoms with E-state index in [4.69, 9.17) is 5.73 Å². The molecular formula is C14H14N2O3. The zero-order valence-corrected chi connectivity index (χ0v) is 10.4. The molecule has 0 heterocycles. The van der Waals surface area contributed by atoms with Crippen molar-refractivity contribution < 1.29 is 15.0 Å². The Hall–Kier alpha value is -2.69. The van der Waals surface area contributed by atoms with E-state index in [9.17, 15) is 15.0 Å². The van der Waals surface area contributed by atoms with Crippen LogP contribution in [0.25, 0.3) is 0 Å². The molecule has 98 valence electrons. The van der Waals surface area contributed by atoms with Crippen molar-refractivity contribution in [2.24, 2.45) is 0 Å². The number of hydrogen-bond acceptors (Lipinski definition) is 4. The number of hydrogen-bond donors (Lipinski definition) is 3. The number of nitrogen functional groups attached to an aromatic ring is 1. The lowest BCUT2D eigenvalue weighted by molar-refractivity contribution is 0.0993. The van der Waals surface area contributed by atoms with Crippen LogP contribution in [0.1, 0.15) is 10.4 Å². The van der Waals surface area contributed by atoms with Gasteiger partial charge in [-0.05, 0) is 42.5 Å². The molecule has 0 spiro atoms. The summed E-state index contributed by atoms with van der Waals surface area (Å²) in [4.78, 5) is 13.7. The number of anilines is 2. The van der Waals surface area contributed by atoms with E-state index in [2.05, 4.69) is 0 Å². The number of nitrogens with two attached hydrogens (primary N) is 1. The van der Waals surface area contributed by atoms with Crippen LogP contribution in [0.15, 0.2) is 42.5 Å². The normalized spacial score (nSPS) is 10.2. The van der Waals surface area contributed by atoms with Gasteiger partial charge in [0, 0.05) is 18.4 Å². The van der Waals surface area contributed by atoms with Gasteiger partial charge in [0.05, 0.1) is 5.56 Å². The Bertz CT molecular complexity index is 609. The first-order valence-electron chi connectivity index (χ1n) is 5.64. The van der Waals surface area contributed by atoms with Crippen molar-refractivity contribution in [2.75, 3.05) is 17.7 Å². The van der Waals surface area contributed by atoms with Gasteiger partial charge in [0.25, 0.3) is 5.91 Å². The lowest BCUT2D eigenvalue weighted by Crippen LogP contribution is -2.26. The Morgan fingerprint density at radius 3 is 2.26 bits per heavy atom. The molecule has 2 aromatic carbocycles. The van der Waals surface area contributed by atoms with Crippen molar-refractivity contribution in [2.45, 2.75) is 0 Å². The monoisotopic (exact) mass is 258 g/mol. The van der Waals surface area contributed by atoms with Crippen LogP contribution in [-0.4, -0.2) is 23.2 Å². The van der Waals surface area contributed by atoms with Gasteiger partial charge in [-0.15, -0.1) is 0 Å². The quantitative estimate of drug-likeness (QED) is 0.567. The molecule has 0 atom stereocenters. The summed E-state index contributed by atoms with van der Waals surface area (Å²) in [7, 11) is 1.60. The van der Waals surface area contributed by atoms with Crippen molar-refractivity contribution >= 4 is 17.3 Å². The first kappa shape index (κ1) is 12.8. The van der Waals surface area contributed by atoms with Crippen LogP contribution in [-0.2, 0) is 0 Å². The molecule has 0 aliphatic rings. The Kier molecular flexibility index (Phi) is 3.29. The second kappa shape index (κ2) is 4.89. The zero-order valence-electron chi connectivity index (χ0n) is 10.4. The number of aromatic hydroxyl groups is 2. The maximum atomic E-state index is 12.3. The molecule has 2 rings (SSSR count). The number of phenols is 2. The van der Waals surface area contributed by atoms with Crippen molar-refractivity contribution in [3.8, 4) is 11.5 Å². The maximum Gasteiger partial charge on any atom is 0.260 e. The number of amides is 1. The molecule has 5 nitrogen and oxygen atoms in total. The lowest BCUT2D eigenvalue weighted by atomic mass is 10.1. The molecule has 0 unspecified atom stereocenters. The lowest BCUT2D eigenvalue weighted by Gasteiger charge is -2.18. The van der Waals surface area contributed by atoms with Crippen LogP contribution in [0.4, 0.5) is 11.4 Å². The number of nitrogens with zero attached hydrogens (tertiary/aromatic N) is 1. The number of phenolic OH excluding ortho intramolecular Hbond substituents is 2. The predicted octanol–water partition coefficient (Wildman–Crippen LogP) is 1.96. The Morgan fingerprint density at radius 2 is 1.63 bits per heavy atom. The van der Waals surface area contributed by atoms with Crippen LogP contribution >= 0.6 is 0 Å². The van der Waals surface area contributed by atoms with E-state index in [-0.39, 0.29) is 23.0 Å². The highest BCUT2D eigenvalue weighted by Crippen LogP contribution is 2.23. The minimum atomic E-state index is -0.334. The predicted molar refractivity (Wildman–Crippen MR) is 73.4 cm³/mol. The minimum absolute atomic E-state index is 0.0170. The average Bonchev–Trinajstić information content (AvgIpc) is 2.41. The minimum Gasteiger partial charge on any atom is -0.508 e. The van der Waals surface area contributed by atoms with Gasteiger partial charge < -0.3 is 20.8 Å². The van der Waals surface area contributed by atoms with Crippen molar-refractivity contribution in [1.82, 2.24) is 0 Å². The van der Waals surface area contributed by atoms with Gasteiger partial charge in [0.1, 0.15) is 11.5 Å². The molecule has 19 heavy (non-hydrogen) atoms. The molecule has 0 aromatic heterocycles. The van der Waals surface area contributed by atoms with Crippen molar-refractivity contribution in [3.05, 3.63) is 48.0 Å². The van der Waals surface area contributed by atoms with Gasteiger partial charge in [0.15, 0.2) is 0 Å². The number of benzene rings is 2. The third-order valence-electron chi connectivity index (χ3n) is 2.81. The van der Waals surface area contributed by atoms with Crippen LogP contribution < -0.4 is 10.6 Å². The zero-order chi connectivity index (χ0) is 14.0. The molecule has 0 aliphatic heterocycles. The van der Waals surface area contributed by atoms with Crippen LogP contribution in [0.5, 0.6) is 11.5 Å². The molecule has 0 radical (unpaired) electrons. The summed E-state index contributed by atoms with van der Waals surface area (Å²) in [5.41, 5.74) is 6.88. The van der Waals surface area contributed by atoms with Gasteiger partial charge in [-0.1, -0.05) is 0 Å². The van der Waals surface area contributed by atoms with Crippen molar-refractivity contribution in [1.29, 1.82) is 0 Å². The van der Waals surface area contributed by atoms with Gasteiger partial charge in [0.2, 0.25) is 0 Å². The second-order valence-electron chi connectivity index (χ2n) is 4.15. The van der Waals surface area contributed by atoms with Crippen LogP contribution in [0.2, 0.25) is 0 Å². The van der Waals surface area contributed by atoms with E-state index < -0.39 is 0 Å². The first-order chi connectivity index (χ1) is 8.99.